The zero-order valence-electron chi connectivity index (χ0n) is 13.9. The number of rotatable bonds is 3. The smallest absolute Gasteiger partial charge is 0.197 e. The van der Waals surface area contributed by atoms with Gasteiger partial charge in [0.15, 0.2) is 17.2 Å². The van der Waals surface area contributed by atoms with Crippen molar-refractivity contribution in [2.45, 2.75) is 0 Å². The highest BCUT2D eigenvalue weighted by molar-refractivity contribution is 5.99. The number of nitrogens with one attached hydrogen (secondary N) is 1. The van der Waals surface area contributed by atoms with E-state index >= 15 is 0 Å². The van der Waals surface area contributed by atoms with Crippen LogP contribution in [0.4, 0.5) is 11.4 Å². The van der Waals surface area contributed by atoms with Gasteiger partial charge in [-0.3, -0.25) is 9.67 Å². The zero-order valence-corrected chi connectivity index (χ0v) is 13.9. The van der Waals surface area contributed by atoms with Gasteiger partial charge in [0.05, 0.1) is 23.6 Å². The van der Waals surface area contributed by atoms with E-state index in [-0.39, 0.29) is 0 Å². The first-order valence-corrected chi connectivity index (χ1v) is 8.12. The highest BCUT2D eigenvalue weighted by Crippen LogP contribution is 2.38. The lowest BCUT2D eigenvalue weighted by molar-refractivity contribution is 0.624. The molecular formula is C19H14N6O. The average Bonchev–Trinajstić information content (AvgIpc) is 3.24. The Morgan fingerprint density at radius 1 is 1.04 bits per heavy atom. The highest BCUT2D eigenvalue weighted by atomic mass is 16.3. The molecule has 4 heterocycles. The Bertz CT molecular complexity index is 1220. The van der Waals surface area contributed by atoms with E-state index in [2.05, 4.69) is 31.4 Å². The standard InChI is InChI=1S/C19H14N6O/c1-25-15-9-13(4-3-12(15)10-23-25)24-17-14-5-8-20-11-16(14)26-18(17)19-21-6-2-7-22-19/h2-11,24H,1H3. The van der Waals surface area contributed by atoms with Crippen molar-refractivity contribution < 1.29 is 4.42 Å². The second kappa shape index (κ2) is 5.66. The SMILES string of the molecule is Cn1ncc2ccc(Nc3c(-c4ncccn4)oc4cnccc34)cc21. The lowest BCUT2D eigenvalue weighted by Crippen LogP contribution is -1.95. The Hall–Kier alpha value is -3.74. The van der Waals surface area contributed by atoms with Crippen LogP contribution in [0, 0.1) is 0 Å². The lowest BCUT2D eigenvalue weighted by atomic mass is 10.2. The predicted molar refractivity (Wildman–Crippen MR) is 99.0 cm³/mol. The molecule has 0 aliphatic heterocycles. The molecule has 0 fully saturated rings. The van der Waals surface area contributed by atoms with E-state index in [1.165, 1.54) is 0 Å². The lowest BCUT2D eigenvalue weighted by Gasteiger charge is -2.07. The molecule has 5 rings (SSSR count). The van der Waals surface area contributed by atoms with Crippen LogP contribution >= 0.6 is 0 Å². The van der Waals surface area contributed by atoms with Gasteiger partial charge in [0.2, 0.25) is 0 Å². The average molecular weight is 342 g/mol. The molecule has 1 aromatic carbocycles. The zero-order chi connectivity index (χ0) is 17.5. The molecule has 26 heavy (non-hydrogen) atoms. The number of hydrogen-bond acceptors (Lipinski definition) is 6. The van der Waals surface area contributed by atoms with Crippen molar-refractivity contribution in [3.05, 3.63) is 61.3 Å². The van der Waals surface area contributed by atoms with Crippen molar-refractivity contribution in [3.63, 3.8) is 0 Å². The maximum Gasteiger partial charge on any atom is 0.197 e. The van der Waals surface area contributed by atoms with Crippen molar-refractivity contribution in [2.24, 2.45) is 7.05 Å². The first-order chi connectivity index (χ1) is 12.8. The fourth-order valence-corrected chi connectivity index (χ4v) is 3.02. The molecule has 7 nitrogen and oxygen atoms in total. The summed E-state index contributed by atoms with van der Waals surface area (Å²) in [5.74, 6) is 1.10. The maximum absolute atomic E-state index is 5.99. The van der Waals surface area contributed by atoms with E-state index in [0.717, 1.165) is 27.7 Å². The molecule has 0 aliphatic carbocycles. The van der Waals surface area contributed by atoms with Gasteiger partial charge in [0, 0.05) is 42.1 Å². The second-order valence-corrected chi connectivity index (χ2v) is 5.92. The monoisotopic (exact) mass is 342 g/mol. The molecule has 0 saturated carbocycles. The molecule has 4 aromatic heterocycles. The van der Waals surface area contributed by atoms with Crippen molar-refractivity contribution in [1.29, 1.82) is 0 Å². The number of aromatic nitrogens is 5. The number of benzene rings is 1. The summed E-state index contributed by atoms with van der Waals surface area (Å²) in [4.78, 5) is 12.8. The molecule has 1 N–H and O–H groups in total. The third kappa shape index (κ3) is 2.29. The van der Waals surface area contributed by atoms with Gasteiger partial charge in [-0.1, -0.05) is 0 Å². The largest absolute Gasteiger partial charge is 0.449 e. The number of anilines is 2. The van der Waals surface area contributed by atoms with Crippen LogP contribution < -0.4 is 5.32 Å². The predicted octanol–water partition coefficient (Wildman–Crippen LogP) is 3.92. The third-order valence-corrected chi connectivity index (χ3v) is 4.28. The van der Waals surface area contributed by atoms with Gasteiger partial charge in [-0.15, -0.1) is 0 Å². The molecule has 0 atom stereocenters. The Labute approximate surface area is 148 Å². The van der Waals surface area contributed by atoms with E-state index in [1.54, 1.807) is 30.9 Å². The second-order valence-electron chi connectivity index (χ2n) is 5.92. The Morgan fingerprint density at radius 2 is 1.92 bits per heavy atom. The minimum absolute atomic E-state index is 0.521. The summed E-state index contributed by atoms with van der Waals surface area (Å²) >= 11 is 0. The number of fused-ring (bicyclic) bond motifs is 2. The summed E-state index contributed by atoms with van der Waals surface area (Å²) in [6.45, 7) is 0. The van der Waals surface area contributed by atoms with Gasteiger partial charge in [-0.2, -0.15) is 5.10 Å². The quantitative estimate of drug-likeness (QED) is 0.535. The van der Waals surface area contributed by atoms with E-state index < -0.39 is 0 Å². The Kier molecular flexibility index (Phi) is 3.18. The van der Waals surface area contributed by atoms with Crippen LogP contribution in [0.3, 0.4) is 0 Å². The molecule has 0 unspecified atom stereocenters. The van der Waals surface area contributed by atoms with Gasteiger partial charge < -0.3 is 9.73 Å². The third-order valence-electron chi connectivity index (χ3n) is 4.28. The molecule has 0 bridgehead atoms. The summed E-state index contributed by atoms with van der Waals surface area (Å²) < 4.78 is 7.83. The molecule has 0 aliphatic rings. The van der Waals surface area contributed by atoms with Gasteiger partial charge in [-0.25, -0.2) is 9.97 Å². The van der Waals surface area contributed by atoms with Crippen molar-refractivity contribution in [1.82, 2.24) is 24.7 Å². The van der Waals surface area contributed by atoms with E-state index in [1.807, 2.05) is 36.1 Å². The Morgan fingerprint density at radius 3 is 2.81 bits per heavy atom. The minimum Gasteiger partial charge on any atom is -0.449 e. The molecule has 7 heteroatoms. The first-order valence-electron chi connectivity index (χ1n) is 8.12. The normalized spacial score (nSPS) is 11.3. The molecular weight excluding hydrogens is 328 g/mol. The Balaban J connectivity index is 1.68. The number of hydrogen-bond donors (Lipinski definition) is 1. The van der Waals surface area contributed by atoms with E-state index in [4.69, 9.17) is 4.42 Å². The number of pyridine rings is 1. The summed E-state index contributed by atoms with van der Waals surface area (Å²) in [5, 5.41) is 9.76. The summed E-state index contributed by atoms with van der Waals surface area (Å²) in [6.07, 6.45) is 8.67. The molecule has 5 aromatic rings. The molecule has 0 saturated heterocycles. The van der Waals surface area contributed by atoms with Crippen molar-refractivity contribution in [3.8, 4) is 11.6 Å². The van der Waals surface area contributed by atoms with Crippen LogP contribution in [-0.2, 0) is 7.05 Å². The number of nitrogens with zero attached hydrogens (tertiary/aromatic N) is 5. The summed E-state index contributed by atoms with van der Waals surface area (Å²) in [6, 6.07) is 9.79. The van der Waals surface area contributed by atoms with Crippen LogP contribution in [0.5, 0.6) is 0 Å². The first kappa shape index (κ1) is 14.6. The van der Waals surface area contributed by atoms with Gasteiger partial charge in [0.1, 0.15) is 0 Å². The van der Waals surface area contributed by atoms with Crippen LogP contribution in [0.2, 0.25) is 0 Å². The van der Waals surface area contributed by atoms with Crippen LogP contribution in [0.25, 0.3) is 33.5 Å². The molecule has 0 radical (unpaired) electrons. The van der Waals surface area contributed by atoms with Crippen LogP contribution in [0.1, 0.15) is 0 Å². The maximum atomic E-state index is 5.99. The van der Waals surface area contributed by atoms with Crippen molar-refractivity contribution in [2.75, 3.05) is 5.32 Å². The summed E-state index contributed by atoms with van der Waals surface area (Å²) in [5.41, 5.74) is 3.47. The van der Waals surface area contributed by atoms with Gasteiger partial charge >= 0.3 is 0 Å². The fraction of sp³-hybridized carbons (Fsp3) is 0.0526. The van der Waals surface area contributed by atoms with Crippen LogP contribution in [-0.4, -0.2) is 24.7 Å². The molecule has 0 spiro atoms. The fourth-order valence-electron chi connectivity index (χ4n) is 3.02. The van der Waals surface area contributed by atoms with Crippen LogP contribution in [0.15, 0.2) is 65.7 Å². The topological polar surface area (TPSA) is 81.7 Å². The number of aryl methyl sites for hydroxylation is 1. The van der Waals surface area contributed by atoms with E-state index in [0.29, 0.717) is 17.2 Å². The van der Waals surface area contributed by atoms with Gasteiger partial charge in [0.25, 0.3) is 0 Å². The molecule has 126 valence electrons. The minimum atomic E-state index is 0.521. The number of furan rings is 1. The van der Waals surface area contributed by atoms with Gasteiger partial charge in [-0.05, 0) is 30.3 Å². The van der Waals surface area contributed by atoms with Crippen molar-refractivity contribution >= 4 is 33.2 Å². The molecule has 0 amide bonds. The summed E-state index contributed by atoms with van der Waals surface area (Å²) in [7, 11) is 1.92. The highest BCUT2D eigenvalue weighted by Gasteiger charge is 2.18. The van der Waals surface area contributed by atoms with E-state index in [9.17, 15) is 0 Å².